The van der Waals surface area contributed by atoms with Gasteiger partial charge in [0.2, 0.25) is 11.8 Å². The lowest BCUT2D eigenvalue weighted by molar-refractivity contribution is -0.133. The van der Waals surface area contributed by atoms with Crippen LogP contribution >= 0.6 is 0 Å². The van der Waals surface area contributed by atoms with Crippen LogP contribution in [0.3, 0.4) is 0 Å². The minimum Gasteiger partial charge on any atom is -0.347 e. The Bertz CT molecular complexity index is 227. The predicted octanol–water partition coefficient (Wildman–Crippen LogP) is -0.293. The maximum atomic E-state index is 11.4. The van der Waals surface area contributed by atoms with Crippen molar-refractivity contribution in [3.63, 3.8) is 0 Å². The van der Waals surface area contributed by atoms with E-state index in [1.54, 1.807) is 21.0 Å². The average Bonchev–Trinajstić information content (AvgIpc) is 2.13. The standard InChI is InChI=1S/C10H21N3O2/c1-7(11)5-6-9(14)12-8(2)10(15)13(3)4/h7-8H,5-6,11H2,1-4H3,(H,12,14). The smallest absolute Gasteiger partial charge is 0.244 e. The maximum absolute atomic E-state index is 11.4. The summed E-state index contributed by atoms with van der Waals surface area (Å²) < 4.78 is 0. The van der Waals surface area contributed by atoms with Gasteiger partial charge in [0.25, 0.3) is 0 Å². The van der Waals surface area contributed by atoms with Gasteiger partial charge in [0, 0.05) is 26.6 Å². The van der Waals surface area contributed by atoms with Crippen LogP contribution in [-0.4, -0.2) is 42.9 Å². The van der Waals surface area contributed by atoms with E-state index in [1.165, 1.54) is 4.90 Å². The highest BCUT2D eigenvalue weighted by molar-refractivity contribution is 5.86. The highest BCUT2D eigenvalue weighted by atomic mass is 16.2. The van der Waals surface area contributed by atoms with Crippen molar-refractivity contribution in [2.45, 2.75) is 38.8 Å². The van der Waals surface area contributed by atoms with Crippen molar-refractivity contribution in [1.29, 1.82) is 0 Å². The summed E-state index contributed by atoms with van der Waals surface area (Å²) in [6, 6.07) is -0.462. The third-order valence-corrected chi connectivity index (χ3v) is 2.02. The van der Waals surface area contributed by atoms with Crippen molar-refractivity contribution in [2.24, 2.45) is 5.73 Å². The number of likely N-dealkylation sites (N-methyl/N-ethyl adjacent to an activating group) is 1. The minimum absolute atomic E-state index is 0.00982. The van der Waals surface area contributed by atoms with E-state index in [0.29, 0.717) is 12.8 Å². The summed E-state index contributed by atoms with van der Waals surface area (Å²) in [5, 5.41) is 2.63. The van der Waals surface area contributed by atoms with E-state index in [0.717, 1.165) is 0 Å². The molecule has 0 radical (unpaired) electrons. The first kappa shape index (κ1) is 13.9. The largest absolute Gasteiger partial charge is 0.347 e. The van der Waals surface area contributed by atoms with Gasteiger partial charge in [-0.2, -0.15) is 0 Å². The number of carbonyl (C=O) groups excluding carboxylic acids is 2. The van der Waals surface area contributed by atoms with Crippen molar-refractivity contribution >= 4 is 11.8 Å². The summed E-state index contributed by atoms with van der Waals surface area (Å²) in [6.45, 7) is 3.52. The van der Waals surface area contributed by atoms with Gasteiger partial charge in [0.05, 0.1) is 0 Å². The Morgan fingerprint density at radius 1 is 1.33 bits per heavy atom. The summed E-state index contributed by atoms with van der Waals surface area (Å²) in [5.41, 5.74) is 5.52. The Hall–Kier alpha value is -1.10. The number of carbonyl (C=O) groups is 2. The Kier molecular flexibility index (Phi) is 5.93. The molecule has 0 heterocycles. The van der Waals surface area contributed by atoms with Crippen molar-refractivity contribution in [3.05, 3.63) is 0 Å². The van der Waals surface area contributed by atoms with Gasteiger partial charge in [-0.15, -0.1) is 0 Å². The lowest BCUT2D eigenvalue weighted by Gasteiger charge is -2.18. The molecule has 0 rings (SSSR count). The second-order valence-corrected chi connectivity index (χ2v) is 4.04. The molecule has 0 bridgehead atoms. The molecule has 0 saturated heterocycles. The van der Waals surface area contributed by atoms with E-state index in [-0.39, 0.29) is 17.9 Å². The molecule has 2 amide bonds. The van der Waals surface area contributed by atoms with Gasteiger partial charge in [-0.05, 0) is 20.3 Å². The molecule has 0 aliphatic heterocycles. The van der Waals surface area contributed by atoms with Crippen LogP contribution < -0.4 is 11.1 Å². The molecule has 2 atom stereocenters. The number of hydrogen-bond donors (Lipinski definition) is 2. The Balaban J connectivity index is 3.91. The normalized spacial score (nSPS) is 14.2. The average molecular weight is 215 g/mol. The number of nitrogens with zero attached hydrogens (tertiary/aromatic N) is 1. The molecule has 88 valence electrons. The first-order valence-corrected chi connectivity index (χ1v) is 5.10. The molecule has 15 heavy (non-hydrogen) atoms. The Labute approximate surface area is 91.0 Å². The molecular formula is C10H21N3O2. The van der Waals surface area contributed by atoms with Crippen LogP contribution in [0.5, 0.6) is 0 Å². The van der Waals surface area contributed by atoms with Gasteiger partial charge in [-0.3, -0.25) is 9.59 Å². The SMILES string of the molecule is CC(N)CCC(=O)NC(C)C(=O)N(C)C. The Morgan fingerprint density at radius 3 is 2.27 bits per heavy atom. The summed E-state index contributed by atoms with van der Waals surface area (Å²) >= 11 is 0. The molecule has 2 unspecified atom stereocenters. The summed E-state index contributed by atoms with van der Waals surface area (Å²) in [5.74, 6) is -0.237. The Morgan fingerprint density at radius 2 is 1.87 bits per heavy atom. The number of amides is 2. The number of hydrogen-bond acceptors (Lipinski definition) is 3. The monoisotopic (exact) mass is 215 g/mol. The van der Waals surface area contributed by atoms with E-state index in [1.807, 2.05) is 6.92 Å². The zero-order valence-corrected chi connectivity index (χ0v) is 9.91. The zero-order valence-electron chi connectivity index (χ0n) is 9.91. The van der Waals surface area contributed by atoms with Crippen LogP contribution in [-0.2, 0) is 9.59 Å². The van der Waals surface area contributed by atoms with Gasteiger partial charge >= 0.3 is 0 Å². The summed E-state index contributed by atoms with van der Waals surface area (Å²) in [7, 11) is 3.32. The lowest BCUT2D eigenvalue weighted by atomic mass is 10.2. The van der Waals surface area contributed by atoms with Crippen molar-refractivity contribution in [2.75, 3.05) is 14.1 Å². The predicted molar refractivity (Wildman–Crippen MR) is 59.2 cm³/mol. The second-order valence-electron chi connectivity index (χ2n) is 4.04. The molecule has 0 aromatic rings. The fourth-order valence-corrected chi connectivity index (χ4v) is 1.12. The van der Waals surface area contributed by atoms with Crippen LogP contribution in [0.25, 0.3) is 0 Å². The molecule has 0 fully saturated rings. The highest BCUT2D eigenvalue weighted by Crippen LogP contribution is 1.95. The summed E-state index contributed by atoms with van der Waals surface area (Å²) in [4.78, 5) is 24.2. The van der Waals surface area contributed by atoms with Gasteiger partial charge in [-0.1, -0.05) is 0 Å². The van der Waals surface area contributed by atoms with Crippen LogP contribution in [0, 0.1) is 0 Å². The highest BCUT2D eigenvalue weighted by Gasteiger charge is 2.16. The van der Waals surface area contributed by atoms with Crippen molar-refractivity contribution < 1.29 is 9.59 Å². The van der Waals surface area contributed by atoms with E-state index in [9.17, 15) is 9.59 Å². The first-order chi connectivity index (χ1) is 6.84. The second kappa shape index (κ2) is 6.40. The summed E-state index contributed by atoms with van der Waals surface area (Å²) in [6.07, 6.45) is 0.997. The van der Waals surface area contributed by atoms with E-state index in [2.05, 4.69) is 5.32 Å². The number of nitrogens with two attached hydrogens (primary N) is 1. The van der Waals surface area contributed by atoms with Crippen LogP contribution in [0.4, 0.5) is 0 Å². The van der Waals surface area contributed by atoms with Crippen LogP contribution in [0.15, 0.2) is 0 Å². The quantitative estimate of drug-likeness (QED) is 0.661. The van der Waals surface area contributed by atoms with Crippen LogP contribution in [0.2, 0.25) is 0 Å². The fraction of sp³-hybridized carbons (Fsp3) is 0.800. The number of nitrogens with one attached hydrogen (secondary N) is 1. The molecule has 0 spiro atoms. The molecule has 3 N–H and O–H groups in total. The third kappa shape index (κ3) is 6.06. The van der Waals surface area contributed by atoms with Crippen molar-refractivity contribution in [3.8, 4) is 0 Å². The molecule has 0 aliphatic carbocycles. The van der Waals surface area contributed by atoms with E-state index < -0.39 is 6.04 Å². The lowest BCUT2D eigenvalue weighted by Crippen LogP contribution is -2.44. The molecular weight excluding hydrogens is 194 g/mol. The molecule has 0 aliphatic rings. The molecule has 0 aromatic carbocycles. The van der Waals surface area contributed by atoms with Gasteiger partial charge in [0.1, 0.15) is 6.04 Å². The minimum atomic E-state index is -0.472. The molecule has 0 aromatic heterocycles. The third-order valence-electron chi connectivity index (χ3n) is 2.02. The first-order valence-electron chi connectivity index (χ1n) is 5.10. The van der Waals surface area contributed by atoms with E-state index in [4.69, 9.17) is 5.73 Å². The topological polar surface area (TPSA) is 75.4 Å². The molecule has 5 nitrogen and oxygen atoms in total. The fourth-order valence-electron chi connectivity index (χ4n) is 1.12. The molecule has 0 saturated carbocycles. The van der Waals surface area contributed by atoms with Gasteiger partial charge in [-0.25, -0.2) is 0 Å². The molecule has 5 heteroatoms. The number of rotatable bonds is 5. The van der Waals surface area contributed by atoms with E-state index >= 15 is 0 Å². The van der Waals surface area contributed by atoms with Gasteiger partial charge < -0.3 is 16.0 Å². The zero-order chi connectivity index (χ0) is 12.0. The van der Waals surface area contributed by atoms with Gasteiger partial charge in [0.15, 0.2) is 0 Å². The van der Waals surface area contributed by atoms with Crippen molar-refractivity contribution in [1.82, 2.24) is 10.2 Å². The maximum Gasteiger partial charge on any atom is 0.244 e. The van der Waals surface area contributed by atoms with Crippen LogP contribution in [0.1, 0.15) is 26.7 Å².